The lowest BCUT2D eigenvalue weighted by Crippen LogP contribution is -2.34. The first kappa shape index (κ1) is 16.9. The molecule has 0 atom stereocenters. The van der Waals surface area contributed by atoms with Crippen molar-refractivity contribution >= 4 is 11.8 Å². The highest BCUT2D eigenvalue weighted by atomic mass is 16.2. The Balaban J connectivity index is 2.00. The number of imide groups is 1. The Morgan fingerprint density at radius 3 is 2.65 bits per heavy atom. The lowest BCUT2D eigenvalue weighted by Gasteiger charge is -2.19. The molecular formula is C20H23NO2. The maximum Gasteiger partial charge on any atom is 0.253 e. The number of hydrogen-bond acceptors (Lipinski definition) is 2. The van der Waals surface area contributed by atoms with E-state index in [0.717, 1.165) is 24.8 Å². The van der Waals surface area contributed by atoms with E-state index in [9.17, 15) is 9.59 Å². The molecule has 0 saturated heterocycles. The summed E-state index contributed by atoms with van der Waals surface area (Å²) in [5.74, 6) is -0.393. The van der Waals surface area contributed by atoms with Crippen molar-refractivity contribution in [2.45, 2.75) is 39.2 Å². The zero-order chi connectivity index (χ0) is 16.5. The highest BCUT2D eigenvalue weighted by molar-refractivity contribution is 6.00. The number of carbonyl (C=O) groups excluding carboxylic acids is 2. The summed E-state index contributed by atoms with van der Waals surface area (Å²) in [6.45, 7) is 2.10. The number of allylic oxidation sites excluding steroid dienone is 5. The minimum absolute atomic E-state index is 0.150. The molecule has 0 unspecified atom stereocenters. The third-order valence-corrected chi connectivity index (χ3v) is 3.79. The van der Waals surface area contributed by atoms with Crippen molar-refractivity contribution in [2.24, 2.45) is 0 Å². The van der Waals surface area contributed by atoms with Gasteiger partial charge in [-0.2, -0.15) is 0 Å². The molecule has 0 spiro atoms. The Kier molecular flexibility index (Phi) is 6.55. The lowest BCUT2D eigenvalue weighted by molar-refractivity contribution is -0.142. The Morgan fingerprint density at radius 2 is 2.00 bits per heavy atom. The predicted octanol–water partition coefficient (Wildman–Crippen LogP) is 4.17. The number of amides is 2. The van der Waals surface area contributed by atoms with Crippen LogP contribution in [0.15, 0.2) is 66.3 Å². The molecule has 0 N–H and O–H groups in total. The molecule has 0 aromatic heterocycles. The fraction of sp³-hybridized carbons (Fsp3) is 0.300. The number of rotatable bonds is 6. The molecule has 120 valence electrons. The van der Waals surface area contributed by atoms with Crippen molar-refractivity contribution < 1.29 is 9.59 Å². The number of benzene rings is 1. The summed E-state index contributed by atoms with van der Waals surface area (Å²) in [6, 6.07) is 9.59. The largest absolute Gasteiger partial charge is 0.275 e. The molecule has 0 bridgehead atoms. The van der Waals surface area contributed by atoms with Crippen molar-refractivity contribution in [3.63, 3.8) is 0 Å². The molecule has 1 aliphatic rings. The molecule has 0 saturated carbocycles. The molecule has 0 radical (unpaired) electrons. The zero-order valence-electron chi connectivity index (χ0n) is 13.6. The summed E-state index contributed by atoms with van der Waals surface area (Å²) in [5, 5.41) is 0. The van der Waals surface area contributed by atoms with Crippen molar-refractivity contribution in [1.82, 2.24) is 4.90 Å². The summed E-state index contributed by atoms with van der Waals surface area (Å²) >= 11 is 0. The van der Waals surface area contributed by atoms with Crippen molar-refractivity contribution in [3.8, 4) is 0 Å². The van der Waals surface area contributed by atoms with Crippen LogP contribution in [0, 0.1) is 0 Å². The average Bonchev–Trinajstić information content (AvgIpc) is 2.60. The van der Waals surface area contributed by atoms with E-state index < -0.39 is 0 Å². The van der Waals surface area contributed by atoms with Gasteiger partial charge in [-0.05, 0) is 30.9 Å². The number of carbonyl (C=O) groups is 2. The monoisotopic (exact) mass is 309 g/mol. The molecule has 3 heteroatoms. The van der Waals surface area contributed by atoms with E-state index in [1.807, 2.05) is 36.4 Å². The Morgan fingerprint density at radius 1 is 1.22 bits per heavy atom. The topological polar surface area (TPSA) is 37.4 Å². The Bertz CT molecular complexity index is 626. The quantitative estimate of drug-likeness (QED) is 0.739. The first-order valence-corrected chi connectivity index (χ1v) is 8.10. The first-order chi connectivity index (χ1) is 11.2. The molecule has 1 aromatic rings. The van der Waals surface area contributed by atoms with Gasteiger partial charge in [0.05, 0.1) is 6.54 Å². The molecule has 0 aliphatic heterocycles. The van der Waals surface area contributed by atoms with Crippen molar-refractivity contribution in [2.75, 3.05) is 0 Å². The van der Waals surface area contributed by atoms with Gasteiger partial charge >= 0.3 is 0 Å². The summed E-state index contributed by atoms with van der Waals surface area (Å²) < 4.78 is 0. The van der Waals surface area contributed by atoms with E-state index in [2.05, 4.69) is 18.2 Å². The van der Waals surface area contributed by atoms with Crippen LogP contribution in [0.25, 0.3) is 0 Å². The highest BCUT2D eigenvalue weighted by Crippen LogP contribution is 2.16. The van der Waals surface area contributed by atoms with Crippen LogP contribution in [-0.4, -0.2) is 16.7 Å². The molecule has 1 aromatic carbocycles. The van der Waals surface area contributed by atoms with Crippen LogP contribution >= 0.6 is 0 Å². The van der Waals surface area contributed by atoms with E-state index >= 15 is 0 Å². The SMILES string of the molecule is CCC(=O)N(Cc1ccccc1)C(=O)/C=C\CC1=CC=CCC1. The maximum atomic E-state index is 12.4. The van der Waals surface area contributed by atoms with Crippen LogP contribution in [-0.2, 0) is 16.1 Å². The molecule has 2 amide bonds. The third-order valence-electron chi connectivity index (χ3n) is 3.79. The summed E-state index contributed by atoms with van der Waals surface area (Å²) in [6.07, 6.45) is 12.8. The van der Waals surface area contributed by atoms with Gasteiger partial charge in [-0.25, -0.2) is 0 Å². The molecule has 23 heavy (non-hydrogen) atoms. The van der Waals surface area contributed by atoms with Gasteiger partial charge in [0.1, 0.15) is 0 Å². The second-order valence-corrected chi connectivity index (χ2v) is 5.56. The van der Waals surface area contributed by atoms with Gasteiger partial charge in [0, 0.05) is 6.42 Å². The smallest absolute Gasteiger partial charge is 0.253 e. The van der Waals surface area contributed by atoms with Crippen LogP contribution in [0.1, 0.15) is 38.2 Å². The van der Waals surface area contributed by atoms with Crippen LogP contribution in [0.2, 0.25) is 0 Å². The van der Waals surface area contributed by atoms with E-state index in [-0.39, 0.29) is 11.8 Å². The van der Waals surface area contributed by atoms with Crippen LogP contribution in [0.3, 0.4) is 0 Å². The van der Waals surface area contributed by atoms with Crippen LogP contribution in [0.5, 0.6) is 0 Å². The summed E-state index contributed by atoms with van der Waals surface area (Å²) in [5.41, 5.74) is 2.27. The van der Waals surface area contributed by atoms with Crippen molar-refractivity contribution in [1.29, 1.82) is 0 Å². The molecular weight excluding hydrogens is 286 g/mol. The van der Waals surface area contributed by atoms with E-state index in [1.54, 1.807) is 6.92 Å². The number of nitrogens with zero attached hydrogens (tertiary/aromatic N) is 1. The van der Waals surface area contributed by atoms with Gasteiger partial charge < -0.3 is 0 Å². The van der Waals surface area contributed by atoms with Gasteiger partial charge in [0.15, 0.2) is 0 Å². The highest BCUT2D eigenvalue weighted by Gasteiger charge is 2.17. The lowest BCUT2D eigenvalue weighted by atomic mass is 10.0. The van der Waals surface area contributed by atoms with E-state index in [4.69, 9.17) is 0 Å². The summed E-state index contributed by atoms with van der Waals surface area (Å²) in [4.78, 5) is 25.8. The standard InChI is InChI=1S/C20H23NO2/c1-2-19(22)21(16-18-12-7-4-8-13-18)20(23)15-9-14-17-10-5-3-6-11-17/h3-5,7-10,12-13,15H,2,6,11,14,16H2,1H3/b15-9-. The van der Waals surface area contributed by atoms with Gasteiger partial charge in [-0.3, -0.25) is 14.5 Å². The Labute approximate surface area is 138 Å². The fourth-order valence-electron chi connectivity index (χ4n) is 2.47. The van der Waals surface area contributed by atoms with Gasteiger partial charge in [-0.1, -0.05) is 67.1 Å². The predicted molar refractivity (Wildman–Crippen MR) is 92.5 cm³/mol. The van der Waals surface area contributed by atoms with Gasteiger partial charge in [0.25, 0.3) is 5.91 Å². The molecule has 2 rings (SSSR count). The first-order valence-electron chi connectivity index (χ1n) is 8.10. The molecule has 0 fully saturated rings. The molecule has 1 aliphatic carbocycles. The minimum atomic E-state index is -0.243. The minimum Gasteiger partial charge on any atom is -0.275 e. The van der Waals surface area contributed by atoms with E-state index in [0.29, 0.717) is 13.0 Å². The second kappa shape index (κ2) is 8.89. The normalized spacial score (nSPS) is 13.9. The van der Waals surface area contributed by atoms with Crippen molar-refractivity contribution in [3.05, 3.63) is 71.8 Å². The fourth-order valence-corrected chi connectivity index (χ4v) is 2.47. The second-order valence-electron chi connectivity index (χ2n) is 5.56. The summed E-state index contributed by atoms with van der Waals surface area (Å²) in [7, 11) is 0. The third kappa shape index (κ3) is 5.37. The zero-order valence-corrected chi connectivity index (χ0v) is 13.6. The number of hydrogen-bond donors (Lipinski definition) is 0. The molecule has 0 heterocycles. The van der Waals surface area contributed by atoms with Gasteiger partial charge in [0.2, 0.25) is 5.91 Å². The molecule has 3 nitrogen and oxygen atoms in total. The van der Waals surface area contributed by atoms with Crippen LogP contribution < -0.4 is 0 Å². The Hall–Kier alpha value is -2.42. The van der Waals surface area contributed by atoms with Crippen LogP contribution in [0.4, 0.5) is 0 Å². The maximum absolute atomic E-state index is 12.4. The van der Waals surface area contributed by atoms with Gasteiger partial charge in [-0.15, -0.1) is 0 Å². The average molecular weight is 309 g/mol. The van der Waals surface area contributed by atoms with E-state index in [1.165, 1.54) is 16.5 Å².